The molecule has 0 N–H and O–H groups in total. The van der Waals surface area contributed by atoms with E-state index in [1.807, 2.05) is 21.6 Å². The van der Waals surface area contributed by atoms with Crippen LogP contribution in [0.15, 0.2) is 29.2 Å². The predicted molar refractivity (Wildman–Crippen MR) is 56.3 cm³/mol. The summed E-state index contributed by atoms with van der Waals surface area (Å²) in [5.74, 6) is 0. The van der Waals surface area contributed by atoms with Crippen LogP contribution in [0.1, 0.15) is 5.56 Å². The standard InChI is InChI=1S/C8H7BrS2/c9-8-5-6-3-1-2-4-7(6)10-11-8/h1-4,8H,5H2. The van der Waals surface area contributed by atoms with Gasteiger partial charge in [0.2, 0.25) is 0 Å². The van der Waals surface area contributed by atoms with E-state index in [4.69, 9.17) is 0 Å². The van der Waals surface area contributed by atoms with E-state index in [9.17, 15) is 0 Å². The fourth-order valence-corrected chi connectivity index (χ4v) is 4.26. The number of alkyl halides is 1. The summed E-state index contributed by atoms with van der Waals surface area (Å²) in [6.07, 6.45) is 1.15. The smallest absolute Gasteiger partial charge is 0.0747 e. The summed E-state index contributed by atoms with van der Waals surface area (Å²) in [6.45, 7) is 0. The molecule has 0 fully saturated rings. The summed E-state index contributed by atoms with van der Waals surface area (Å²) in [5.41, 5.74) is 1.47. The molecule has 11 heavy (non-hydrogen) atoms. The fourth-order valence-electron chi connectivity index (χ4n) is 1.06. The third-order valence-corrected chi connectivity index (χ3v) is 5.80. The quantitative estimate of drug-likeness (QED) is 0.506. The summed E-state index contributed by atoms with van der Waals surface area (Å²) in [6, 6.07) is 8.60. The minimum atomic E-state index is 0.586. The highest BCUT2D eigenvalue weighted by Gasteiger charge is 2.16. The van der Waals surface area contributed by atoms with Crippen molar-refractivity contribution in [2.24, 2.45) is 0 Å². The molecule has 1 unspecified atom stereocenters. The summed E-state index contributed by atoms with van der Waals surface area (Å²) in [7, 11) is 3.76. The third kappa shape index (κ3) is 1.76. The molecule has 0 spiro atoms. The van der Waals surface area contributed by atoms with Crippen LogP contribution in [0.25, 0.3) is 0 Å². The molecule has 0 saturated heterocycles. The maximum Gasteiger partial charge on any atom is 0.0747 e. The molecule has 0 aromatic heterocycles. The zero-order chi connectivity index (χ0) is 7.68. The lowest BCUT2D eigenvalue weighted by atomic mass is 10.2. The van der Waals surface area contributed by atoms with Gasteiger partial charge in [-0.2, -0.15) is 0 Å². The van der Waals surface area contributed by atoms with Gasteiger partial charge >= 0.3 is 0 Å². The summed E-state index contributed by atoms with van der Waals surface area (Å²) >= 11 is 3.60. The van der Waals surface area contributed by atoms with E-state index >= 15 is 0 Å². The molecule has 1 aromatic carbocycles. The molecule has 58 valence electrons. The van der Waals surface area contributed by atoms with Crippen molar-refractivity contribution < 1.29 is 0 Å². The molecule has 0 saturated carbocycles. The van der Waals surface area contributed by atoms with Crippen LogP contribution in [-0.2, 0) is 6.42 Å². The SMILES string of the molecule is BrC1Cc2ccccc2SS1. The van der Waals surface area contributed by atoms with Gasteiger partial charge in [0.15, 0.2) is 0 Å². The molecule has 1 aliphatic rings. The predicted octanol–water partition coefficient (Wildman–Crippen LogP) is 3.70. The molecular formula is C8H7BrS2. The largest absolute Gasteiger partial charge is 0.0758 e. The molecule has 0 bridgehead atoms. The first-order valence-corrected chi connectivity index (χ1v) is 6.54. The second-order valence-corrected chi connectivity index (χ2v) is 6.56. The normalized spacial score (nSPS) is 22.8. The minimum Gasteiger partial charge on any atom is -0.0758 e. The maximum absolute atomic E-state index is 3.60. The van der Waals surface area contributed by atoms with Crippen molar-refractivity contribution in [2.45, 2.75) is 15.5 Å². The number of fused-ring (bicyclic) bond motifs is 1. The minimum absolute atomic E-state index is 0.586. The summed E-state index contributed by atoms with van der Waals surface area (Å²) in [4.78, 5) is 1.42. The van der Waals surface area contributed by atoms with Crippen LogP contribution in [0.4, 0.5) is 0 Å². The number of halogens is 1. The van der Waals surface area contributed by atoms with E-state index < -0.39 is 0 Å². The average molecular weight is 247 g/mol. The lowest BCUT2D eigenvalue weighted by Gasteiger charge is -2.17. The number of hydrogen-bond acceptors (Lipinski definition) is 2. The van der Waals surface area contributed by atoms with Gasteiger partial charge in [-0.15, -0.1) is 0 Å². The average Bonchev–Trinajstić information content (AvgIpc) is 2.04. The van der Waals surface area contributed by atoms with Crippen molar-refractivity contribution in [1.82, 2.24) is 0 Å². The molecule has 2 rings (SSSR count). The van der Waals surface area contributed by atoms with Crippen LogP contribution >= 0.6 is 37.5 Å². The van der Waals surface area contributed by atoms with E-state index in [1.54, 1.807) is 0 Å². The Morgan fingerprint density at radius 1 is 1.36 bits per heavy atom. The summed E-state index contributed by atoms with van der Waals surface area (Å²) in [5, 5.41) is 0. The summed E-state index contributed by atoms with van der Waals surface area (Å²) < 4.78 is 0.586. The Labute approximate surface area is 82.7 Å². The van der Waals surface area contributed by atoms with Crippen molar-refractivity contribution in [2.75, 3.05) is 0 Å². The number of hydrogen-bond donors (Lipinski definition) is 0. The van der Waals surface area contributed by atoms with Crippen LogP contribution in [0.3, 0.4) is 0 Å². The molecule has 1 aliphatic heterocycles. The van der Waals surface area contributed by atoms with Crippen molar-refractivity contribution >= 4 is 37.5 Å². The Kier molecular flexibility index (Phi) is 2.49. The second kappa shape index (κ2) is 3.42. The monoisotopic (exact) mass is 246 g/mol. The topological polar surface area (TPSA) is 0 Å². The van der Waals surface area contributed by atoms with Gasteiger partial charge in [-0.25, -0.2) is 0 Å². The zero-order valence-corrected chi connectivity index (χ0v) is 9.01. The first kappa shape index (κ1) is 8.02. The molecule has 1 heterocycles. The van der Waals surface area contributed by atoms with Gasteiger partial charge < -0.3 is 0 Å². The van der Waals surface area contributed by atoms with Crippen LogP contribution in [0.5, 0.6) is 0 Å². The van der Waals surface area contributed by atoms with E-state index in [0.717, 1.165) is 6.42 Å². The van der Waals surface area contributed by atoms with Crippen molar-refractivity contribution in [1.29, 1.82) is 0 Å². The van der Waals surface area contributed by atoms with Crippen molar-refractivity contribution in [3.05, 3.63) is 29.8 Å². The molecule has 3 heteroatoms. The highest BCUT2D eigenvalue weighted by Crippen LogP contribution is 2.44. The van der Waals surface area contributed by atoms with Gasteiger partial charge in [-0.05, 0) is 18.1 Å². The van der Waals surface area contributed by atoms with Gasteiger partial charge in [0.05, 0.1) is 4.16 Å². The van der Waals surface area contributed by atoms with E-state index in [1.165, 1.54) is 10.5 Å². The Morgan fingerprint density at radius 2 is 2.18 bits per heavy atom. The molecule has 0 nitrogen and oxygen atoms in total. The number of benzene rings is 1. The van der Waals surface area contributed by atoms with Gasteiger partial charge in [0.25, 0.3) is 0 Å². The highest BCUT2D eigenvalue weighted by atomic mass is 79.9. The number of rotatable bonds is 0. The Hall–Kier alpha value is 0.400. The fraction of sp³-hybridized carbons (Fsp3) is 0.250. The molecule has 0 radical (unpaired) electrons. The van der Waals surface area contributed by atoms with Crippen LogP contribution in [0.2, 0.25) is 0 Å². The molecule has 0 aliphatic carbocycles. The first-order valence-electron chi connectivity index (χ1n) is 3.41. The van der Waals surface area contributed by atoms with Gasteiger partial charge in [0, 0.05) is 4.90 Å². The van der Waals surface area contributed by atoms with E-state index in [0.29, 0.717) is 4.16 Å². The van der Waals surface area contributed by atoms with Crippen LogP contribution in [0, 0.1) is 0 Å². The Bertz CT molecular complexity index is 262. The third-order valence-electron chi connectivity index (χ3n) is 1.60. The van der Waals surface area contributed by atoms with Crippen LogP contribution in [-0.4, -0.2) is 4.16 Å². The lowest BCUT2D eigenvalue weighted by Crippen LogP contribution is -2.01. The zero-order valence-electron chi connectivity index (χ0n) is 5.79. The molecule has 0 amide bonds. The van der Waals surface area contributed by atoms with Gasteiger partial charge in [-0.3, -0.25) is 0 Å². The Balaban J connectivity index is 2.34. The van der Waals surface area contributed by atoms with Crippen LogP contribution < -0.4 is 0 Å². The Morgan fingerprint density at radius 3 is 3.09 bits per heavy atom. The maximum atomic E-state index is 3.60. The first-order chi connectivity index (χ1) is 5.36. The van der Waals surface area contributed by atoms with Crippen molar-refractivity contribution in [3.63, 3.8) is 0 Å². The van der Waals surface area contributed by atoms with E-state index in [-0.39, 0.29) is 0 Å². The van der Waals surface area contributed by atoms with Gasteiger partial charge in [-0.1, -0.05) is 55.7 Å². The molecule has 1 aromatic rings. The van der Waals surface area contributed by atoms with Gasteiger partial charge in [0.1, 0.15) is 0 Å². The molecule has 1 atom stereocenters. The lowest BCUT2D eigenvalue weighted by molar-refractivity contribution is 1.07. The van der Waals surface area contributed by atoms with Crippen molar-refractivity contribution in [3.8, 4) is 0 Å². The second-order valence-electron chi connectivity index (χ2n) is 2.40. The van der Waals surface area contributed by atoms with E-state index in [2.05, 4.69) is 40.2 Å². The highest BCUT2D eigenvalue weighted by molar-refractivity contribution is 9.13. The molecular weight excluding hydrogens is 240 g/mol.